The molecule has 3 aromatic carbocycles. The SMILES string of the molecule is FC(F)(F)Oc1ccccc1-c1cncc(-c2ccccc2OC(F)(F)F)c1-c1ccccc1OC(F)(F)F. The third kappa shape index (κ3) is 6.92. The van der Waals surface area contributed by atoms with Gasteiger partial charge in [0, 0.05) is 45.8 Å². The van der Waals surface area contributed by atoms with Crippen molar-refractivity contribution in [1.29, 1.82) is 0 Å². The average Bonchev–Trinajstić information content (AvgIpc) is 2.82. The van der Waals surface area contributed by atoms with Gasteiger partial charge in [-0.2, -0.15) is 0 Å². The maximum atomic E-state index is 13.3. The van der Waals surface area contributed by atoms with Gasteiger partial charge >= 0.3 is 19.1 Å². The lowest BCUT2D eigenvalue weighted by Crippen LogP contribution is -2.18. The maximum Gasteiger partial charge on any atom is 0.573 e. The zero-order valence-electron chi connectivity index (χ0n) is 19.2. The van der Waals surface area contributed by atoms with Crippen LogP contribution in [0.3, 0.4) is 0 Å². The molecule has 13 heteroatoms. The van der Waals surface area contributed by atoms with Gasteiger partial charge in [-0.3, -0.25) is 4.98 Å². The summed E-state index contributed by atoms with van der Waals surface area (Å²) >= 11 is 0. The molecule has 0 aliphatic rings. The molecule has 0 bridgehead atoms. The number of hydrogen-bond donors (Lipinski definition) is 0. The zero-order chi connectivity index (χ0) is 28.4. The molecule has 0 spiro atoms. The molecule has 0 radical (unpaired) electrons. The molecule has 39 heavy (non-hydrogen) atoms. The summed E-state index contributed by atoms with van der Waals surface area (Å²) in [6.45, 7) is 0. The quantitative estimate of drug-likeness (QED) is 0.222. The molecule has 0 aliphatic heterocycles. The summed E-state index contributed by atoms with van der Waals surface area (Å²) in [7, 11) is 0. The van der Waals surface area contributed by atoms with Crippen LogP contribution in [0.5, 0.6) is 17.2 Å². The third-order valence-electron chi connectivity index (χ3n) is 5.13. The van der Waals surface area contributed by atoms with Gasteiger partial charge in [0.1, 0.15) is 17.2 Å². The van der Waals surface area contributed by atoms with Crippen LogP contribution >= 0.6 is 0 Å². The first-order valence-electron chi connectivity index (χ1n) is 10.8. The van der Waals surface area contributed by atoms with E-state index in [-0.39, 0.29) is 33.4 Å². The van der Waals surface area contributed by atoms with E-state index in [0.29, 0.717) is 0 Å². The highest BCUT2D eigenvalue weighted by atomic mass is 19.4. The van der Waals surface area contributed by atoms with E-state index in [4.69, 9.17) is 0 Å². The van der Waals surface area contributed by atoms with Gasteiger partial charge < -0.3 is 14.2 Å². The van der Waals surface area contributed by atoms with E-state index in [0.717, 1.165) is 30.6 Å². The Kier molecular flexibility index (Phi) is 7.35. The normalized spacial score (nSPS) is 12.2. The monoisotopic (exact) mass is 559 g/mol. The summed E-state index contributed by atoms with van der Waals surface area (Å²) in [6.07, 6.45) is -13.3. The van der Waals surface area contributed by atoms with Gasteiger partial charge in [0.15, 0.2) is 0 Å². The highest BCUT2D eigenvalue weighted by Gasteiger charge is 2.36. The molecule has 0 unspecified atom stereocenters. The van der Waals surface area contributed by atoms with E-state index in [1.165, 1.54) is 54.6 Å². The van der Waals surface area contributed by atoms with Crippen molar-refractivity contribution in [2.75, 3.05) is 0 Å². The van der Waals surface area contributed by atoms with E-state index in [1.54, 1.807) is 0 Å². The lowest BCUT2D eigenvalue weighted by atomic mass is 9.88. The summed E-state index contributed by atoms with van der Waals surface area (Å²) in [5, 5.41) is 0. The Morgan fingerprint density at radius 2 is 0.718 bits per heavy atom. The van der Waals surface area contributed by atoms with Crippen molar-refractivity contribution in [1.82, 2.24) is 4.98 Å². The molecule has 0 N–H and O–H groups in total. The molecule has 0 amide bonds. The van der Waals surface area contributed by atoms with Gasteiger partial charge in [-0.25, -0.2) is 0 Å². The first-order valence-corrected chi connectivity index (χ1v) is 10.8. The predicted octanol–water partition coefficient (Wildman–Crippen LogP) is 8.78. The predicted molar refractivity (Wildman–Crippen MR) is 121 cm³/mol. The summed E-state index contributed by atoms with van der Waals surface area (Å²) in [5.74, 6) is -2.21. The Balaban J connectivity index is 2.07. The van der Waals surface area contributed by atoms with Gasteiger partial charge in [0.25, 0.3) is 0 Å². The molecule has 0 fully saturated rings. The van der Waals surface area contributed by atoms with Gasteiger partial charge in [-0.15, -0.1) is 39.5 Å². The number of halogens is 9. The molecular formula is C26H14F9NO3. The second-order valence-corrected chi connectivity index (χ2v) is 7.74. The van der Waals surface area contributed by atoms with E-state index in [1.807, 2.05) is 0 Å². The number of nitrogens with zero attached hydrogens (tertiary/aromatic N) is 1. The summed E-state index contributed by atoms with van der Waals surface area (Å²) in [6, 6.07) is 14.1. The second-order valence-electron chi connectivity index (χ2n) is 7.74. The van der Waals surface area contributed by atoms with Crippen molar-refractivity contribution in [3.63, 3.8) is 0 Å². The van der Waals surface area contributed by atoms with Crippen LogP contribution in [0.2, 0.25) is 0 Å². The van der Waals surface area contributed by atoms with Crippen molar-refractivity contribution in [3.8, 4) is 50.6 Å². The number of rotatable bonds is 6. The molecule has 0 saturated heterocycles. The second kappa shape index (κ2) is 10.4. The fraction of sp³-hybridized carbons (Fsp3) is 0.115. The Hall–Kier alpha value is -4.42. The molecule has 4 aromatic rings. The van der Waals surface area contributed by atoms with Crippen LogP contribution < -0.4 is 14.2 Å². The minimum absolute atomic E-state index is 0.188. The van der Waals surface area contributed by atoms with Crippen LogP contribution in [-0.2, 0) is 0 Å². The van der Waals surface area contributed by atoms with Gasteiger partial charge in [-0.05, 0) is 18.2 Å². The molecule has 1 aromatic heterocycles. The number of benzene rings is 3. The minimum atomic E-state index is -5.17. The van der Waals surface area contributed by atoms with Crippen molar-refractivity contribution >= 4 is 0 Å². The summed E-state index contributed by atoms with van der Waals surface area (Å²) in [5.41, 5.74) is -1.41. The number of hydrogen-bond acceptors (Lipinski definition) is 4. The highest BCUT2D eigenvalue weighted by molar-refractivity contribution is 5.97. The Morgan fingerprint density at radius 3 is 1.08 bits per heavy atom. The first-order chi connectivity index (χ1) is 18.2. The lowest BCUT2D eigenvalue weighted by molar-refractivity contribution is -0.275. The molecule has 0 saturated carbocycles. The van der Waals surface area contributed by atoms with Crippen molar-refractivity contribution in [3.05, 3.63) is 85.2 Å². The van der Waals surface area contributed by atoms with Crippen LogP contribution in [0.15, 0.2) is 85.2 Å². The summed E-state index contributed by atoms with van der Waals surface area (Å²) in [4.78, 5) is 3.97. The number of alkyl halides is 9. The number of pyridine rings is 1. The van der Waals surface area contributed by atoms with Crippen molar-refractivity contribution in [2.24, 2.45) is 0 Å². The van der Waals surface area contributed by atoms with Crippen molar-refractivity contribution < 1.29 is 53.7 Å². The number of ether oxygens (including phenoxy) is 3. The molecule has 0 atom stereocenters. The zero-order valence-corrected chi connectivity index (χ0v) is 19.2. The number of para-hydroxylation sites is 3. The molecule has 0 aliphatic carbocycles. The minimum Gasteiger partial charge on any atom is -0.405 e. The van der Waals surface area contributed by atoms with E-state index < -0.39 is 36.3 Å². The Labute approximate surface area is 214 Å². The summed E-state index contributed by atoms with van der Waals surface area (Å²) < 4.78 is 131. The van der Waals surface area contributed by atoms with Crippen LogP contribution in [0, 0.1) is 0 Å². The van der Waals surface area contributed by atoms with Crippen LogP contribution in [0.25, 0.3) is 33.4 Å². The Bertz CT molecular complexity index is 1390. The lowest BCUT2D eigenvalue weighted by Gasteiger charge is -2.21. The smallest absolute Gasteiger partial charge is 0.405 e. The van der Waals surface area contributed by atoms with E-state index in [9.17, 15) is 39.5 Å². The van der Waals surface area contributed by atoms with Crippen LogP contribution in [0.1, 0.15) is 0 Å². The highest BCUT2D eigenvalue weighted by Crippen LogP contribution is 2.48. The van der Waals surface area contributed by atoms with Gasteiger partial charge in [0.2, 0.25) is 0 Å². The van der Waals surface area contributed by atoms with Gasteiger partial charge in [-0.1, -0.05) is 54.6 Å². The van der Waals surface area contributed by atoms with Crippen LogP contribution in [0.4, 0.5) is 39.5 Å². The molecule has 4 rings (SSSR count). The van der Waals surface area contributed by atoms with Gasteiger partial charge in [0.05, 0.1) is 0 Å². The molecule has 204 valence electrons. The first kappa shape index (κ1) is 27.6. The average molecular weight is 559 g/mol. The fourth-order valence-corrected chi connectivity index (χ4v) is 3.85. The standard InChI is InChI=1S/C26H14F9NO3/c27-24(28,29)37-20-10-4-1-7-15(20)18-13-36-14-19(16-8-2-5-11-21(16)38-25(30,31)32)23(18)17-9-3-6-12-22(17)39-26(33,34)35/h1-14H. The third-order valence-corrected chi connectivity index (χ3v) is 5.13. The largest absolute Gasteiger partial charge is 0.573 e. The van der Waals surface area contributed by atoms with Crippen LogP contribution in [-0.4, -0.2) is 24.1 Å². The number of aromatic nitrogens is 1. The fourth-order valence-electron chi connectivity index (χ4n) is 3.85. The van der Waals surface area contributed by atoms with Crippen molar-refractivity contribution in [2.45, 2.75) is 19.1 Å². The molecule has 4 nitrogen and oxygen atoms in total. The van der Waals surface area contributed by atoms with E-state index >= 15 is 0 Å². The maximum absolute atomic E-state index is 13.3. The molecule has 1 heterocycles. The van der Waals surface area contributed by atoms with E-state index in [2.05, 4.69) is 19.2 Å². The molecular weight excluding hydrogens is 545 g/mol. The topological polar surface area (TPSA) is 40.6 Å². The Morgan fingerprint density at radius 1 is 0.410 bits per heavy atom.